The van der Waals surface area contributed by atoms with E-state index in [0.29, 0.717) is 6.42 Å². The molecule has 2 N–H and O–H groups in total. The Morgan fingerprint density at radius 2 is 1.65 bits per heavy atom. The molecule has 0 saturated carbocycles. The number of rotatable bonds is 10. The van der Waals surface area contributed by atoms with Gasteiger partial charge in [0.1, 0.15) is 6.04 Å². The zero-order valence-electron chi connectivity index (χ0n) is 19.0. The number of fused-ring (bicyclic) bond motifs is 1. The largest absolute Gasteiger partial charge is 0.443 e. The Kier molecular flexibility index (Phi) is 8.74. The molecule has 3 atom stereocenters. The highest BCUT2D eigenvalue weighted by Gasteiger charge is 2.42. The number of halogens is 2. The van der Waals surface area contributed by atoms with Crippen LogP contribution < -0.4 is 10.6 Å². The van der Waals surface area contributed by atoms with Gasteiger partial charge in [-0.15, -0.1) is 0 Å². The second kappa shape index (κ2) is 10.8. The summed E-state index contributed by atoms with van der Waals surface area (Å²) in [6.07, 6.45) is 0.988. The van der Waals surface area contributed by atoms with Crippen molar-refractivity contribution in [2.24, 2.45) is 11.8 Å². The molecule has 0 heterocycles. The molecule has 0 saturated heterocycles. The normalized spacial score (nSPS) is 14.8. The molecule has 7 heteroatoms. The summed E-state index contributed by atoms with van der Waals surface area (Å²) in [5, 5.41) is 7.47. The smallest absolute Gasteiger partial charge is 0.349 e. The van der Waals surface area contributed by atoms with Crippen molar-refractivity contribution in [3.63, 3.8) is 0 Å². The lowest BCUT2D eigenvalue weighted by atomic mass is 9.97. The Balaban J connectivity index is 2.11. The van der Waals surface area contributed by atoms with Crippen molar-refractivity contribution in [3.8, 4) is 0 Å². The van der Waals surface area contributed by atoms with E-state index in [2.05, 4.69) is 10.6 Å². The van der Waals surface area contributed by atoms with E-state index in [1.165, 1.54) is 0 Å². The number of hydrogen-bond acceptors (Lipinski definition) is 2. The van der Waals surface area contributed by atoms with E-state index in [4.69, 9.17) is 0 Å². The van der Waals surface area contributed by atoms with Crippen molar-refractivity contribution >= 4 is 31.3 Å². The molecule has 0 spiro atoms. The van der Waals surface area contributed by atoms with Crippen LogP contribution in [0.5, 0.6) is 0 Å². The summed E-state index contributed by atoms with van der Waals surface area (Å²) in [5.74, 6) is -0.960. The molecular formula is C24H34F2N2O2Si. The van der Waals surface area contributed by atoms with Crippen molar-refractivity contribution in [1.29, 1.82) is 0 Å². The van der Waals surface area contributed by atoms with Crippen molar-refractivity contribution < 1.29 is 17.8 Å². The van der Waals surface area contributed by atoms with Gasteiger partial charge in [-0.1, -0.05) is 76.6 Å². The summed E-state index contributed by atoms with van der Waals surface area (Å²) in [4.78, 5) is 25.6. The monoisotopic (exact) mass is 448 g/mol. The van der Waals surface area contributed by atoms with Crippen LogP contribution in [0, 0.1) is 11.8 Å². The number of benzene rings is 2. The fourth-order valence-electron chi connectivity index (χ4n) is 3.59. The maximum absolute atomic E-state index is 14.2. The zero-order chi connectivity index (χ0) is 23.2. The van der Waals surface area contributed by atoms with Gasteiger partial charge >= 0.3 is 8.74 Å². The van der Waals surface area contributed by atoms with Gasteiger partial charge in [0, 0.05) is 0 Å². The van der Waals surface area contributed by atoms with Gasteiger partial charge in [0.05, 0.1) is 12.1 Å². The lowest BCUT2D eigenvalue weighted by Gasteiger charge is -2.29. The van der Waals surface area contributed by atoms with E-state index >= 15 is 0 Å². The minimum atomic E-state index is -4.57. The van der Waals surface area contributed by atoms with Crippen LogP contribution in [0.2, 0.25) is 6.55 Å². The van der Waals surface area contributed by atoms with Crippen LogP contribution >= 0.6 is 0 Å². The number of amides is 2. The molecule has 2 rings (SSSR count). The average Bonchev–Trinajstić information content (AvgIpc) is 2.69. The van der Waals surface area contributed by atoms with Gasteiger partial charge in [-0.25, -0.2) is 0 Å². The second-order valence-corrected chi connectivity index (χ2v) is 11.5. The molecule has 31 heavy (non-hydrogen) atoms. The third kappa shape index (κ3) is 7.42. The fraction of sp³-hybridized carbons (Fsp3) is 0.500. The molecule has 0 bridgehead atoms. The van der Waals surface area contributed by atoms with Crippen LogP contribution in [-0.2, 0) is 16.0 Å². The highest BCUT2D eigenvalue weighted by molar-refractivity contribution is 6.66. The Hall–Kier alpha value is -2.28. The summed E-state index contributed by atoms with van der Waals surface area (Å²) in [5.41, 5.74) is -0.298. The maximum Gasteiger partial charge on any atom is 0.443 e. The molecule has 0 radical (unpaired) electrons. The van der Waals surface area contributed by atoms with Gasteiger partial charge in [-0.05, 0) is 41.1 Å². The first-order valence-electron chi connectivity index (χ1n) is 11.0. The standard InChI is InChI=1S/C24H34F2N2O2Si/c1-6-17(4)23(24(30)28-22(13-16(2)3)31(5,25)26)27-21(29)15-18-11-12-19-9-7-8-10-20(19)14-18/h7-12,14,16-17,22-23H,6,13,15H2,1-5H3,(H,27,29)(H,28,30)/t17-,22+,23-/m0/s1. The fourth-order valence-corrected chi connectivity index (χ4v) is 4.87. The quantitative estimate of drug-likeness (QED) is 0.397. The molecular weight excluding hydrogens is 414 g/mol. The van der Waals surface area contributed by atoms with E-state index in [0.717, 1.165) is 22.9 Å². The first kappa shape index (κ1) is 25.0. The van der Waals surface area contributed by atoms with Gasteiger partial charge in [-0.2, -0.15) is 0 Å². The predicted molar refractivity (Wildman–Crippen MR) is 124 cm³/mol. The molecule has 2 aromatic rings. The Morgan fingerprint density at radius 1 is 1.00 bits per heavy atom. The van der Waals surface area contributed by atoms with Gasteiger partial charge in [-0.3, -0.25) is 17.8 Å². The van der Waals surface area contributed by atoms with Crippen LogP contribution in [0.1, 0.15) is 46.1 Å². The van der Waals surface area contributed by atoms with Crippen molar-refractivity contribution in [2.45, 2.75) is 65.2 Å². The van der Waals surface area contributed by atoms with Crippen LogP contribution in [-0.4, -0.2) is 32.3 Å². The van der Waals surface area contributed by atoms with Gasteiger partial charge in [0.15, 0.2) is 0 Å². The lowest BCUT2D eigenvalue weighted by Crippen LogP contribution is -2.57. The molecule has 0 aliphatic heterocycles. The van der Waals surface area contributed by atoms with E-state index in [-0.39, 0.29) is 30.6 Å². The highest BCUT2D eigenvalue weighted by atomic mass is 28.4. The van der Waals surface area contributed by atoms with Gasteiger partial charge in [0.2, 0.25) is 11.8 Å². The highest BCUT2D eigenvalue weighted by Crippen LogP contribution is 2.20. The van der Waals surface area contributed by atoms with E-state index in [1.807, 2.05) is 70.2 Å². The molecule has 4 nitrogen and oxygen atoms in total. The Labute approximate surface area is 185 Å². The topological polar surface area (TPSA) is 58.2 Å². The SMILES string of the molecule is CC[C@H](C)[C@H](NC(=O)Cc1ccc2ccccc2c1)C(=O)N[C@@H](CC(C)C)[Si](C)(F)F. The van der Waals surface area contributed by atoms with Crippen molar-refractivity contribution in [2.75, 3.05) is 0 Å². The summed E-state index contributed by atoms with van der Waals surface area (Å²) in [7, 11) is -4.57. The summed E-state index contributed by atoms with van der Waals surface area (Å²) in [6.45, 7) is 8.43. The lowest BCUT2D eigenvalue weighted by molar-refractivity contribution is -0.130. The minimum absolute atomic E-state index is 0.0353. The first-order chi connectivity index (χ1) is 14.5. The summed E-state index contributed by atoms with van der Waals surface area (Å²) >= 11 is 0. The van der Waals surface area contributed by atoms with E-state index in [9.17, 15) is 17.8 Å². The molecule has 2 amide bonds. The average molecular weight is 449 g/mol. The summed E-state index contributed by atoms with van der Waals surface area (Å²) in [6, 6.07) is 12.8. The third-order valence-electron chi connectivity index (χ3n) is 5.63. The van der Waals surface area contributed by atoms with Gasteiger partial charge in [0.25, 0.3) is 0 Å². The molecule has 0 unspecified atom stereocenters. The third-order valence-corrected chi connectivity index (χ3v) is 7.23. The predicted octanol–water partition coefficient (Wildman–Crippen LogP) is 4.99. The second-order valence-electron chi connectivity index (χ2n) is 8.94. The van der Waals surface area contributed by atoms with Crippen molar-refractivity contribution in [3.05, 3.63) is 48.0 Å². The molecule has 0 fully saturated rings. The minimum Gasteiger partial charge on any atom is -0.349 e. The van der Waals surface area contributed by atoms with Crippen LogP contribution in [0.3, 0.4) is 0 Å². The number of carbonyl (C=O) groups excluding carboxylic acids is 2. The molecule has 0 aliphatic carbocycles. The van der Waals surface area contributed by atoms with Crippen molar-refractivity contribution in [1.82, 2.24) is 10.6 Å². The van der Waals surface area contributed by atoms with Crippen LogP contribution in [0.15, 0.2) is 42.5 Å². The zero-order valence-corrected chi connectivity index (χ0v) is 20.0. The summed E-state index contributed by atoms with van der Waals surface area (Å²) < 4.78 is 28.3. The van der Waals surface area contributed by atoms with E-state index in [1.54, 1.807) is 0 Å². The van der Waals surface area contributed by atoms with Gasteiger partial charge < -0.3 is 10.6 Å². The number of carbonyl (C=O) groups is 2. The maximum atomic E-state index is 14.2. The van der Waals surface area contributed by atoms with Crippen LogP contribution in [0.25, 0.3) is 10.8 Å². The molecule has 0 aromatic heterocycles. The number of hydrogen-bond donors (Lipinski definition) is 2. The van der Waals surface area contributed by atoms with Crippen LogP contribution in [0.4, 0.5) is 8.22 Å². The number of nitrogens with one attached hydrogen (secondary N) is 2. The Bertz CT molecular complexity index is 899. The molecule has 0 aliphatic rings. The Morgan fingerprint density at radius 3 is 2.23 bits per heavy atom. The molecule has 170 valence electrons. The first-order valence-corrected chi connectivity index (χ1v) is 13.3. The molecule has 2 aromatic carbocycles. The van der Waals surface area contributed by atoms with E-state index < -0.39 is 26.4 Å².